The summed E-state index contributed by atoms with van der Waals surface area (Å²) in [6.07, 6.45) is 4.67. The van der Waals surface area contributed by atoms with Crippen molar-refractivity contribution in [2.75, 3.05) is 13.2 Å². The van der Waals surface area contributed by atoms with Gasteiger partial charge in [0.15, 0.2) is 0 Å². The van der Waals surface area contributed by atoms with Crippen molar-refractivity contribution in [3.63, 3.8) is 0 Å². The van der Waals surface area contributed by atoms with Crippen LogP contribution in [0.2, 0.25) is 35.7 Å². The summed E-state index contributed by atoms with van der Waals surface area (Å²) < 4.78 is 30.8. The second-order valence-electron chi connectivity index (χ2n) is 13.7. The van der Waals surface area contributed by atoms with E-state index in [-0.39, 0.29) is 30.5 Å². The zero-order valence-corrected chi connectivity index (χ0v) is 29.1. The van der Waals surface area contributed by atoms with Gasteiger partial charge >= 0.3 is 0 Å². The molecule has 2 aromatic carbocycles. The quantitative estimate of drug-likeness (QED) is 0.126. The Morgan fingerprint density at radius 1 is 1.12 bits per heavy atom. The number of sulfonamides is 1. The van der Waals surface area contributed by atoms with Crippen LogP contribution in [0.15, 0.2) is 61.2 Å². The molecule has 1 saturated heterocycles. The Labute approximate surface area is 269 Å². The highest BCUT2D eigenvalue weighted by Gasteiger charge is 2.58. The number of benzene rings is 2. The van der Waals surface area contributed by atoms with E-state index in [9.17, 15) is 8.42 Å². The van der Waals surface area contributed by atoms with Gasteiger partial charge in [-0.1, -0.05) is 80.1 Å². The van der Waals surface area contributed by atoms with Crippen LogP contribution in [-0.4, -0.2) is 51.3 Å². The van der Waals surface area contributed by atoms with E-state index in [4.69, 9.17) is 33.1 Å². The molecule has 0 unspecified atom stereocenters. The number of likely N-dealkylation sites (tertiary alicyclic amines) is 1. The summed E-state index contributed by atoms with van der Waals surface area (Å²) in [5, 5.41) is 6.99. The number of carbonyl (C=O) groups excluding carboxylic acids is 1. The molecule has 1 aliphatic carbocycles. The van der Waals surface area contributed by atoms with E-state index in [1.165, 1.54) is 0 Å². The first kappa shape index (κ1) is 34.2. The molecule has 0 aromatic heterocycles. The van der Waals surface area contributed by atoms with Gasteiger partial charge in [0.1, 0.15) is 0 Å². The van der Waals surface area contributed by atoms with Crippen molar-refractivity contribution in [1.29, 1.82) is 0 Å². The minimum absolute atomic E-state index is 0.0318. The van der Waals surface area contributed by atoms with Gasteiger partial charge in [0.25, 0.3) is 0 Å². The van der Waals surface area contributed by atoms with Crippen molar-refractivity contribution in [2.45, 2.75) is 93.9 Å². The van der Waals surface area contributed by atoms with Crippen molar-refractivity contribution in [1.82, 2.24) is 4.90 Å². The number of primary sulfonamides is 1. The molecule has 1 heterocycles. The molecule has 2 aliphatic rings. The summed E-state index contributed by atoms with van der Waals surface area (Å²) in [5.74, 6) is -0.174. The summed E-state index contributed by atoms with van der Waals surface area (Å²) in [5.41, 5.74) is 1.08. The van der Waals surface area contributed by atoms with Crippen LogP contribution in [0.25, 0.3) is 0 Å². The molecule has 2 fully saturated rings. The molecule has 236 valence electrons. The predicted octanol–water partition coefficient (Wildman–Crippen LogP) is 7.96. The zero-order chi connectivity index (χ0) is 31.6. The van der Waals surface area contributed by atoms with E-state index < -0.39 is 28.3 Å². The van der Waals surface area contributed by atoms with Crippen LogP contribution in [0.1, 0.15) is 68.5 Å². The number of hydrogen-bond acceptors (Lipinski definition) is 4. The van der Waals surface area contributed by atoms with Crippen LogP contribution in [0.5, 0.6) is 0 Å². The number of hydrogen-bond donors (Lipinski definition) is 1. The second-order valence-corrected chi connectivity index (χ2v) is 22.2. The monoisotopic (exact) mass is 664 g/mol. The van der Waals surface area contributed by atoms with E-state index in [1.54, 1.807) is 0 Å². The lowest BCUT2D eigenvalue weighted by Gasteiger charge is -2.53. The molecule has 1 saturated carbocycles. The first-order valence-electron chi connectivity index (χ1n) is 15.2. The average Bonchev–Trinajstić information content (AvgIpc) is 3.73. The van der Waals surface area contributed by atoms with Crippen LogP contribution in [0.4, 0.5) is 0 Å². The number of ether oxygens (including phenoxy) is 1. The average molecular weight is 666 g/mol. The maximum atomic E-state index is 15.1. The van der Waals surface area contributed by atoms with Gasteiger partial charge < -0.3 is 9.64 Å². The zero-order valence-electron chi connectivity index (χ0n) is 25.8. The Bertz CT molecular complexity index is 1410. The van der Waals surface area contributed by atoms with Crippen molar-refractivity contribution in [3.05, 3.63) is 82.4 Å². The fourth-order valence-electron chi connectivity index (χ4n) is 6.58. The van der Waals surface area contributed by atoms with Gasteiger partial charge in [0.05, 0.1) is 22.8 Å². The molecule has 4 rings (SSSR count). The molecule has 0 radical (unpaired) electrons. The summed E-state index contributed by atoms with van der Waals surface area (Å²) in [6.45, 7) is 13.8. The standard InChI is InChI=1S/C33H46Cl2N2O4SSi/c1-6-15-32(23-41-18-19-43(3,4)5)22-29(25-9-8-10-27(35)20-25)30(24-11-13-26(34)14-12-24)37(31(32)38)28(7-2)21-33(16-17-33)42(36,39)40/h6,8-14,20,28-30H,1,7,15-19,21-23H2,2-5H3,(H2,36,39,40)/t28-,29+,30+,32-/m0/s1. The number of allylic oxidation sites excluding steroid dienone is 1. The number of amides is 1. The maximum Gasteiger partial charge on any atom is 0.232 e. The molecule has 43 heavy (non-hydrogen) atoms. The maximum absolute atomic E-state index is 15.1. The number of rotatable bonds is 14. The van der Waals surface area contributed by atoms with Crippen LogP contribution >= 0.6 is 23.2 Å². The van der Waals surface area contributed by atoms with Crippen LogP contribution < -0.4 is 5.14 Å². The number of halogens is 2. The molecular formula is C33H46Cl2N2O4SSi. The summed E-state index contributed by atoms with van der Waals surface area (Å²) in [7, 11) is -5.14. The Morgan fingerprint density at radius 2 is 1.79 bits per heavy atom. The highest BCUT2D eigenvalue weighted by atomic mass is 35.5. The Balaban J connectivity index is 1.87. The van der Waals surface area contributed by atoms with Gasteiger partial charge in [-0.2, -0.15) is 0 Å². The minimum atomic E-state index is -3.79. The minimum Gasteiger partial charge on any atom is -0.381 e. The first-order chi connectivity index (χ1) is 20.2. The lowest BCUT2D eigenvalue weighted by atomic mass is 9.66. The molecule has 0 spiro atoms. The number of piperidine rings is 1. The molecule has 4 atom stereocenters. The van der Waals surface area contributed by atoms with Gasteiger partial charge in [-0.05, 0) is 80.0 Å². The van der Waals surface area contributed by atoms with E-state index in [0.717, 1.165) is 17.2 Å². The summed E-state index contributed by atoms with van der Waals surface area (Å²) in [4.78, 5) is 17.0. The number of nitrogens with two attached hydrogens (primary N) is 1. The SMILES string of the molecule is C=CC[C@@]1(COCC[Si](C)(C)C)C[C@H](c2cccc(Cl)c2)[C@@H](c2ccc(Cl)cc2)N([C@@H](CC)CC2(S(N)(=O)=O)CC2)C1=O. The fourth-order valence-corrected chi connectivity index (χ4v) is 8.76. The van der Waals surface area contributed by atoms with Gasteiger partial charge in [-0.25, -0.2) is 13.6 Å². The Morgan fingerprint density at radius 3 is 2.33 bits per heavy atom. The van der Waals surface area contributed by atoms with Crippen molar-refractivity contribution >= 4 is 47.2 Å². The predicted molar refractivity (Wildman–Crippen MR) is 180 cm³/mol. The van der Waals surface area contributed by atoms with Gasteiger partial charge in [-0.15, -0.1) is 6.58 Å². The Kier molecular flexibility index (Phi) is 10.6. The third kappa shape index (κ3) is 7.76. The molecule has 2 aromatic rings. The normalized spacial score (nSPS) is 24.5. The largest absolute Gasteiger partial charge is 0.381 e. The third-order valence-corrected chi connectivity index (χ3v) is 13.2. The topological polar surface area (TPSA) is 89.7 Å². The first-order valence-corrected chi connectivity index (χ1v) is 21.2. The molecule has 6 nitrogen and oxygen atoms in total. The van der Waals surface area contributed by atoms with E-state index in [0.29, 0.717) is 55.2 Å². The molecule has 1 aliphatic heterocycles. The smallest absolute Gasteiger partial charge is 0.232 e. The molecule has 1 amide bonds. The highest BCUT2D eigenvalue weighted by molar-refractivity contribution is 7.90. The number of nitrogens with zero attached hydrogens (tertiary/aromatic N) is 1. The lowest BCUT2D eigenvalue weighted by molar-refractivity contribution is -0.161. The van der Waals surface area contributed by atoms with Crippen molar-refractivity contribution in [2.24, 2.45) is 10.6 Å². The van der Waals surface area contributed by atoms with E-state index >= 15 is 4.79 Å². The fraction of sp³-hybridized carbons (Fsp3) is 0.545. The molecule has 0 bridgehead atoms. The van der Waals surface area contributed by atoms with Crippen LogP contribution in [0.3, 0.4) is 0 Å². The van der Waals surface area contributed by atoms with Crippen LogP contribution in [0, 0.1) is 5.41 Å². The summed E-state index contributed by atoms with van der Waals surface area (Å²) in [6, 6.07) is 15.7. The molecule has 10 heteroatoms. The van der Waals surface area contributed by atoms with Crippen molar-refractivity contribution in [3.8, 4) is 0 Å². The second kappa shape index (κ2) is 13.4. The lowest BCUT2D eigenvalue weighted by Crippen LogP contribution is -2.58. The van der Waals surface area contributed by atoms with Gasteiger partial charge in [0, 0.05) is 36.7 Å². The third-order valence-electron chi connectivity index (χ3n) is 9.26. The van der Waals surface area contributed by atoms with Crippen molar-refractivity contribution < 1.29 is 17.9 Å². The summed E-state index contributed by atoms with van der Waals surface area (Å²) >= 11 is 12.9. The Hall–Kier alpha value is -1.68. The van der Waals surface area contributed by atoms with Gasteiger partial charge in [-0.3, -0.25) is 4.79 Å². The molecule has 2 N–H and O–H groups in total. The highest BCUT2D eigenvalue weighted by Crippen LogP contribution is 2.55. The van der Waals surface area contributed by atoms with E-state index in [1.807, 2.05) is 60.4 Å². The number of carbonyl (C=O) groups is 1. The van der Waals surface area contributed by atoms with Gasteiger partial charge in [0.2, 0.25) is 15.9 Å². The van der Waals surface area contributed by atoms with Crippen LogP contribution in [-0.2, 0) is 19.6 Å². The van der Waals surface area contributed by atoms with E-state index in [2.05, 4.69) is 32.3 Å². The molecular weight excluding hydrogens is 619 g/mol.